The molecule has 20 heavy (non-hydrogen) atoms. The molecule has 1 aromatic heterocycles. The molecule has 0 aliphatic heterocycles. The van der Waals surface area contributed by atoms with Crippen LogP contribution in [-0.2, 0) is 12.8 Å². The summed E-state index contributed by atoms with van der Waals surface area (Å²) in [6.45, 7) is 0. The number of amides is 1. The largest absolute Gasteiger partial charge is 0.397 e. The molecule has 0 atom stereocenters. The highest BCUT2D eigenvalue weighted by molar-refractivity contribution is 9.10. The van der Waals surface area contributed by atoms with Crippen LogP contribution in [-0.4, -0.2) is 10.9 Å². The topological polar surface area (TPSA) is 68.0 Å². The average Bonchev–Trinajstić information content (AvgIpc) is 2.89. The number of aromatic nitrogens is 1. The molecule has 1 aliphatic carbocycles. The number of rotatable bonds is 2. The van der Waals surface area contributed by atoms with Crippen molar-refractivity contribution in [2.75, 3.05) is 11.1 Å². The molecule has 1 aromatic carbocycles. The summed E-state index contributed by atoms with van der Waals surface area (Å²) >= 11 is 3.34. The molecule has 0 fully saturated rings. The van der Waals surface area contributed by atoms with Crippen molar-refractivity contribution in [3.63, 3.8) is 0 Å². The minimum absolute atomic E-state index is 0.155. The molecule has 0 saturated carbocycles. The molecule has 1 aliphatic rings. The molecule has 3 rings (SSSR count). The van der Waals surface area contributed by atoms with Gasteiger partial charge in [0.2, 0.25) is 0 Å². The maximum atomic E-state index is 12.2. The van der Waals surface area contributed by atoms with Crippen molar-refractivity contribution in [2.45, 2.75) is 19.3 Å². The van der Waals surface area contributed by atoms with Gasteiger partial charge in [0.1, 0.15) is 5.82 Å². The van der Waals surface area contributed by atoms with Gasteiger partial charge in [0.05, 0.1) is 16.4 Å². The normalized spacial score (nSPS) is 13.1. The minimum Gasteiger partial charge on any atom is -0.397 e. The first-order chi connectivity index (χ1) is 9.63. The Hall–Kier alpha value is -1.88. The fourth-order valence-corrected chi connectivity index (χ4v) is 2.90. The van der Waals surface area contributed by atoms with Crippen molar-refractivity contribution < 1.29 is 4.79 Å². The van der Waals surface area contributed by atoms with Crippen LogP contribution in [0.2, 0.25) is 0 Å². The number of anilines is 2. The van der Waals surface area contributed by atoms with Crippen LogP contribution in [0.5, 0.6) is 0 Å². The van der Waals surface area contributed by atoms with E-state index in [2.05, 4.69) is 26.2 Å². The summed E-state index contributed by atoms with van der Waals surface area (Å²) < 4.78 is 0.673. The molecule has 4 nitrogen and oxygen atoms in total. The maximum absolute atomic E-state index is 12.2. The Morgan fingerprint density at radius 1 is 1.25 bits per heavy atom. The van der Waals surface area contributed by atoms with Gasteiger partial charge in [0, 0.05) is 5.56 Å². The number of fused-ring (bicyclic) bond motifs is 1. The molecule has 0 spiro atoms. The van der Waals surface area contributed by atoms with Crippen molar-refractivity contribution in [1.29, 1.82) is 0 Å². The van der Waals surface area contributed by atoms with E-state index < -0.39 is 0 Å². The van der Waals surface area contributed by atoms with Gasteiger partial charge in [-0.3, -0.25) is 4.79 Å². The van der Waals surface area contributed by atoms with Gasteiger partial charge >= 0.3 is 0 Å². The number of halogens is 1. The summed E-state index contributed by atoms with van der Waals surface area (Å²) in [5.41, 5.74) is 9.47. The fraction of sp³-hybridized carbons (Fsp3) is 0.200. The molecular formula is C15H14BrN3O. The SMILES string of the molecule is Nc1cnc(NC(=O)c2ccc3c(c2)CCC3)c(Br)c1. The van der Waals surface area contributed by atoms with E-state index in [1.807, 2.05) is 18.2 Å². The second-order valence-electron chi connectivity index (χ2n) is 4.89. The van der Waals surface area contributed by atoms with Crippen LogP contribution >= 0.6 is 15.9 Å². The van der Waals surface area contributed by atoms with E-state index in [0.717, 1.165) is 12.8 Å². The number of carbonyl (C=O) groups is 1. The summed E-state index contributed by atoms with van der Waals surface area (Å²) in [5, 5.41) is 2.79. The first-order valence-electron chi connectivity index (χ1n) is 6.47. The van der Waals surface area contributed by atoms with Gasteiger partial charge in [-0.2, -0.15) is 0 Å². The van der Waals surface area contributed by atoms with Gasteiger partial charge in [-0.05, 0) is 64.5 Å². The summed E-state index contributed by atoms with van der Waals surface area (Å²) in [6.07, 6.45) is 4.86. The van der Waals surface area contributed by atoms with Crippen LogP contribution in [0, 0.1) is 0 Å². The zero-order valence-corrected chi connectivity index (χ0v) is 12.4. The van der Waals surface area contributed by atoms with E-state index >= 15 is 0 Å². The van der Waals surface area contributed by atoms with Gasteiger partial charge in [0.25, 0.3) is 5.91 Å². The quantitative estimate of drug-likeness (QED) is 0.888. The molecule has 1 amide bonds. The number of nitrogens with two attached hydrogens (primary N) is 1. The second-order valence-corrected chi connectivity index (χ2v) is 5.74. The smallest absolute Gasteiger partial charge is 0.256 e. The van der Waals surface area contributed by atoms with Gasteiger partial charge < -0.3 is 11.1 Å². The standard InChI is InChI=1S/C15H14BrN3O/c16-13-7-12(17)8-18-14(13)19-15(20)11-5-4-9-2-1-3-10(9)6-11/h4-8H,1-3,17H2,(H,18,19,20). The lowest BCUT2D eigenvalue weighted by molar-refractivity contribution is 0.102. The second kappa shape index (κ2) is 5.25. The first-order valence-corrected chi connectivity index (χ1v) is 7.27. The molecule has 0 bridgehead atoms. The van der Waals surface area contributed by atoms with Crippen LogP contribution < -0.4 is 11.1 Å². The number of pyridine rings is 1. The summed E-state index contributed by atoms with van der Waals surface area (Å²) in [6, 6.07) is 7.60. The van der Waals surface area contributed by atoms with Crippen molar-refractivity contribution in [3.8, 4) is 0 Å². The molecule has 0 radical (unpaired) electrons. The Bertz CT molecular complexity index is 685. The maximum Gasteiger partial charge on any atom is 0.256 e. The van der Waals surface area contributed by atoms with Crippen molar-refractivity contribution in [3.05, 3.63) is 51.6 Å². The lowest BCUT2D eigenvalue weighted by Gasteiger charge is -2.08. The van der Waals surface area contributed by atoms with E-state index in [4.69, 9.17) is 5.73 Å². The Balaban J connectivity index is 1.82. The monoisotopic (exact) mass is 331 g/mol. The van der Waals surface area contributed by atoms with E-state index in [9.17, 15) is 4.79 Å². The average molecular weight is 332 g/mol. The number of aryl methyl sites for hydroxylation is 2. The molecular weight excluding hydrogens is 318 g/mol. The molecule has 5 heteroatoms. The molecule has 3 N–H and O–H groups in total. The van der Waals surface area contributed by atoms with Crippen LogP contribution in [0.25, 0.3) is 0 Å². The Kier molecular flexibility index (Phi) is 3.44. The van der Waals surface area contributed by atoms with Crippen LogP contribution in [0.3, 0.4) is 0 Å². The van der Waals surface area contributed by atoms with E-state index in [1.54, 1.807) is 6.07 Å². The first kappa shape index (κ1) is 13.1. The zero-order chi connectivity index (χ0) is 14.1. The molecule has 0 unspecified atom stereocenters. The third kappa shape index (κ3) is 2.54. The molecule has 2 aromatic rings. The van der Waals surface area contributed by atoms with Crippen molar-refractivity contribution in [2.24, 2.45) is 0 Å². The van der Waals surface area contributed by atoms with Crippen molar-refractivity contribution in [1.82, 2.24) is 4.98 Å². The number of hydrogen-bond donors (Lipinski definition) is 2. The summed E-state index contributed by atoms with van der Waals surface area (Å²) in [5.74, 6) is 0.322. The van der Waals surface area contributed by atoms with Gasteiger partial charge in [-0.15, -0.1) is 0 Å². The van der Waals surface area contributed by atoms with Crippen LogP contribution in [0.15, 0.2) is 34.9 Å². The lowest BCUT2D eigenvalue weighted by atomic mass is 10.1. The predicted octanol–water partition coefficient (Wildman–Crippen LogP) is 3.17. The number of nitrogens with zero attached hydrogens (tertiary/aromatic N) is 1. The Morgan fingerprint density at radius 3 is 2.85 bits per heavy atom. The van der Waals surface area contributed by atoms with Gasteiger partial charge in [0.15, 0.2) is 0 Å². The third-order valence-corrected chi connectivity index (χ3v) is 4.06. The van der Waals surface area contributed by atoms with E-state index in [-0.39, 0.29) is 5.91 Å². The Morgan fingerprint density at radius 2 is 2.05 bits per heavy atom. The number of carbonyl (C=O) groups excluding carboxylic acids is 1. The highest BCUT2D eigenvalue weighted by Crippen LogP contribution is 2.25. The number of hydrogen-bond acceptors (Lipinski definition) is 3. The zero-order valence-electron chi connectivity index (χ0n) is 10.8. The summed E-state index contributed by atoms with van der Waals surface area (Å²) in [7, 11) is 0. The number of benzene rings is 1. The highest BCUT2D eigenvalue weighted by Gasteiger charge is 2.15. The highest BCUT2D eigenvalue weighted by atomic mass is 79.9. The minimum atomic E-state index is -0.155. The lowest BCUT2D eigenvalue weighted by Crippen LogP contribution is -2.14. The van der Waals surface area contributed by atoms with E-state index in [1.165, 1.54) is 23.7 Å². The third-order valence-electron chi connectivity index (χ3n) is 3.45. The van der Waals surface area contributed by atoms with Gasteiger partial charge in [-0.1, -0.05) is 6.07 Å². The molecule has 102 valence electrons. The van der Waals surface area contributed by atoms with Crippen molar-refractivity contribution >= 4 is 33.3 Å². The summed E-state index contributed by atoms with van der Waals surface area (Å²) in [4.78, 5) is 16.4. The fourth-order valence-electron chi connectivity index (χ4n) is 2.44. The van der Waals surface area contributed by atoms with Crippen LogP contribution in [0.1, 0.15) is 27.9 Å². The van der Waals surface area contributed by atoms with Crippen LogP contribution in [0.4, 0.5) is 11.5 Å². The Labute approximate surface area is 125 Å². The number of nitrogens with one attached hydrogen (secondary N) is 1. The number of nitrogen functional groups attached to an aromatic ring is 1. The molecule has 0 saturated heterocycles. The van der Waals surface area contributed by atoms with Gasteiger partial charge in [-0.25, -0.2) is 4.98 Å². The predicted molar refractivity (Wildman–Crippen MR) is 82.8 cm³/mol. The molecule has 1 heterocycles. The van der Waals surface area contributed by atoms with E-state index in [0.29, 0.717) is 21.5 Å².